The zero-order chi connectivity index (χ0) is 15.6. The van der Waals surface area contributed by atoms with Gasteiger partial charge in [-0.3, -0.25) is 0 Å². The molecule has 21 heavy (non-hydrogen) atoms. The number of benzene rings is 2. The van der Waals surface area contributed by atoms with Crippen molar-refractivity contribution in [3.63, 3.8) is 0 Å². The summed E-state index contributed by atoms with van der Waals surface area (Å²) in [5, 5.41) is 18.9. The first-order valence-corrected chi connectivity index (χ1v) is 8.63. The topological polar surface area (TPSA) is 74.6 Å². The number of aromatic hydroxyl groups is 2. The van der Waals surface area contributed by atoms with Gasteiger partial charge < -0.3 is 0 Å². The third-order valence-corrected chi connectivity index (χ3v) is 5.49. The van der Waals surface area contributed by atoms with Crippen LogP contribution < -0.4 is 0 Å². The summed E-state index contributed by atoms with van der Waals surface area (Å²) in [5.74, 6) is -1.20. The summed E-state index contributed by atoms with van der Waals surface area (Å²) in [7, 11) is 0. The molecule has 0 heterocycles. The van der Waals surface area contributed by atoms with Gasteiger partial charge in [-0.15, -0.1) is 0 Å². The van der Waals surface area contributed by atoms with Crippen LogP contribution in [-0.4, -0.2) is 18.4 Å². The van der Waals surface area contributed by atoms with Gasteiger partial charge in [0.15, 0.2) is 0 Å². The molecule has 0 aromatic heterocycles. The van der Waals surface area contributed by atoms with Gasteiger partial charge in [0.25, 0.3) is 0 Å². The molecule has 4 nitrogen and oxygen atoms in total. The molecule has 2 rings (SSSR count). The van der Waals surface area contributed by atoms with Crippen LogP contribution in [-0.2, 0) is 17.7 Å². The fraction of sp³-hybridized carbons (Fsp3) is 0. The van der Waals surface area contributed by atoms with E-state index in [4.69, 9.17) is 0 Å². The molecule has 0 bridgehead atoms. The number of hydrogen-bond acceptors (Lipinski definition) is 4. The molecule has 2 aromatic carbocycles. The van der Waals surface area contributed by atoms with Crippen LogP contribution >= 0.6 is 0 Å². The van der Waals surface area contributed by atoms with Gasteiger partial charge in [-0.05, 0) is 0 Å². The summed E-state index contributed by atoms with van der Waals surface area (Å²) in [5.41, 5.74) is -1.16. The summed E-state index contributed by atoms with van der Waals surface area (Å²) in [4.78, 5) is 23.8. The molecular weight excluding hydrogens is 318 g/mol. The molecule has 0 aliphatic heterocycles. The van der Waals surface area contributed by atoms with Gasteiger partial charge in [-0.25, -0.2) is 0 Å². The summed E-state index contributed by atoms with van der Waals surface area (Å²) >= 11 is -6.63. The van der Waals surface area contributed by atoms with E-state index in [2.05, 4.69) is 0 Å². The van der Waals surface area contributed by atoms with Crippen molar-refractivity contribution in [2.45, 2.75) is 0 Å². The number of phenolic OH excluding ortho intramolecular Hbond substituents is 2. The quantitative estimate of drug-likeness (QED) is 0.846. The van der Waals surface area contributed by atoms with Gasteiger partial charge in [-0.1, -0.05) is 0 Å². The first-order chi connectivity index (χ1) is 9.85. The van der Waals surface area contributed by atoms with Crippen LogP contribution in [0.4, 0.5) is 6.18 Å². The molecule has 0 aliphatic carbocycles. The van der Waals surface area contributed by atoms with Crippen molar-refractivity contribution >= 4 is 8.18 Å². The van der Waals surface area contributed by atoms with Crippen molar-refractivity contribution in [1.29, 1.82) is 0 Å². The van der Waals surface area contributed by atoms with E-state index >= 15 is 0 Å². The molecule has 0 radical (unpaired) electrons. The summed E-state index contributed by atoms with van der Waals surface area (Å²) in [6, 6.07) is 9.64. The zero-order valence-corrected chi connectivity index (χ0v) is 12.1. The fourth-order valence-corrected chi connectivity index (χ4v) is 3.81. The van der Waals surface area contributed by atoms with Crippen molar-refractivity contribution in [1.82, 2.24) is 0 Å². The minimum absolute atomic E-state index is 0.578. The molecule has 2 N–H and O–H groups in total. The van der Waals surface area contributed by atoms with Crippen LogP contribution in [0.25, 0.3) is 0 Å². The zero-order valence-electron chi connectivity index (χ0n) is 10.6. The number of halogens is 2. The number of para-hydroxylation sites is 2. The van der Waals surface area contributed by atoms with Gasteiger partial charge in [0.1, 0.15) is 0 Å². The number of carbonyl (C=O) groups excluding carboxylic acids is 2. The van der Waals surface area contributed by atoms with Crippen LogP contribution in [0.2, 0.25) is 0 Å². The molecule has 0 atom stereocenters. The molecule has 0 fully saturated rings. The molecule has 0 saturated carbocycles. The Morgan fingerprint density at radius 3 is 1.43 bits per heavy atom. The van der Waals surface area contributed by atoms with E-state index < -0.39 is 48.5 Å². The standard InChI is InChI=1S/2C7H5O2.2FH.Ti/c2*8-5-6-3-1-2-4-7(6)9;;;/h2*1-4,9H;2*1H;/q;;;;+2/p-2. The van der Waals surface area contributed by atoms with Crippen LogP contribution in [0.1, 0.15) is 20.7 Å². The number of carbonyl (C=O) groups is 2. The van der Waals surface area contributed by atoms with E-state index in [9.17, 15) is 26.0 Å². The number of hydrogen-bond donors (Lipinski definition) is 2. The van der Waals surface area contributed by atoms with E-state index in [-0.39, 0.29) is 0 Å². The Morgan fingerprint density at radius 1 is 0.762 bits per heavy atom. The van der Waals surface area contributed by atoms with Gasteiger partial charge in [0.2, 0.25) is 0 Å². The Balaban J connectivity index is 2.43. The Morgan fingerprint density at radius 2 is 1.10 bits per heavy atom. The van der Waals surface area contributed by atoms with Crippen molar-refractivity contribution in [3.05, 3.63) is 59.7 Å². The Kier molecular flexibility index (Phi) is 4.20. The molecule has 0 unspecified atom stereocenters. The van der Waals surface area contributed by atoms with Crippen LogP contribution in [0, 0.1) is 0 Å². The molecule has 2 aromatic rings. The second-order valence-corrected chi connectivity index (χ2v) is 7.48. The van der Waals surface area contributed by atoms with Crippen molar-refractivity contribution in [3.8, 4) is 11.5 Å². The second-order valence-electron chi connectivity index (χ2n) is 4.27. The van der Waals surface area contributed by atoms with Crippen LogP contribution in [0.3, 0.4) is 0 Å². The van der Waals surface area contributed by atoms with Crippen molar-refractivity contribution < 1.29 is 43.6 Å². The average Bonchev–Trinajstić information content (AvgIpc) is 2.47. The van der Waals surface area contributed by atoms with Crippen LogP contribution in [0.5, 0.6) is 11.5 Å². The number of rotatable bonds is 4. The van der Waals surface area contributed by atoms with Gasteiger partial charge in [-0.2, -0.15) is 0 Å². The first-order valence-electron chi connectivity index (χ1n) is 5.89. The average molecular weight is 328 g/mol. The number of phenols is 2. The molecule has 0 amide bonds. The van der Waals surface area contributed by atoms with Crippen molar-refractivity contribution in [2.75, 3.05) is 0 Å². The maximum absolute atomic E-state index is 14.2. The molecule has 108 valence electrons. The molecule has 0 spiro atoms. The second kappa shape index (κ2) is 5.75. The Hall–Kier alpha value is -2.05. The van der Waals surface area contributed by atoms with E-state index in [0.29, 0.717) is 0 Å². The normalized spacial score (nSPS) is 11.1. The maximum atomic E-state index is 14.2. The summed E-state index contributed by atoms with van der Waals surface area (Å²) in [6.07, 6.45) is 0. The van der Waals surface area contributed by atoms with E-state index in [1.54, 1.807) is 0 Å². The van der Waals surface area contributed by atoms with Crippen LogP contribution in [0.15, 0.2) is 48.5 Å². The fourth-order valence-electron chi connectivity index (χ4n) is 1.77. The van der Waals surface area contributed by atoms with Gasteiger partial charge in [0.05, 0.1) is 0 Å². The van der Waals surface area contributed by atoms with E-state index in [1.807, 2.05) is 0 Å². The predicted molar refractivity (Wildman–Crippen MR) is 67.1 cm³/mol. The predicted octanol–water partition coefficient (Wildman–Crippen LogP) is 3.00. The summed E-state index contributed by atoms with van der Waals surface area (Å²) in [6.45, 7) is 0. The third-order valence-electron chi connectivity index (χ3n) is 2.87. The Bertz CT molecular complexity index is 656. The monoisotopic (exact) mass is 328 g/mol. The Labute approximate surface area is 123 Å². The van der Waals surface area contributed by atoms with Crippen molar-refractivity contribution in [2.24, 2.45) is 0 Å². The van der Waals surface area contributed by atoms with E-state index in [1.165, 1.54) is 24.3 Å². The van der Waals surface area contributed by atoms with Gasteiger partial charge in [0, 0.05) is 0 Å². The first kappa shape index (κ1) is 15.3. The summed E-state index contributed by atoms with van der Waals surface area (Å²) < 4.78 is 25.1. The molecule has 7 heteroatoms. The molecular formula is C14H10F2O4Ti. The van der Waals surface area contributed by atoms with Gasteiger partial charge >= 0.3 is 123 Å². The molecule has 0 saturated heterocycles. The third kappa shape index (κ3) is 2.86. The molecule has 0 aliphatic rings. The van der Waals surface area contributed by atoms with E-state index in [0.717, 1.165) is 24.3 Å². The SMILES string of the molecule is O=[C](c1ccccc1O)[Ti]([F])([F])[C](=O)c1ccccc1O. The minimum atomic E-state index is -6.63.